The number of pyridine rings is 1. The highest BCUT2D eigenvalue weighted by Gasteiger charge is 2.31. The van der Waals surface area contributed by atoms with Crippen molar-refractivity contribution in [2.24, 2.45) is 0 Å². The normalized spacial score (nSPS) is 17.0. The van der Waals surface area contributed by atoms with Crippen LogP contribution in [0.5, 0.6) is 0 Å². The lowest BCUT2D eigenvalue weighted by molar-refractivity contribution is 0.201. The van der Waals surface area contributed by atoms with E-state index in [1.54, 1.807) is 13.3 Å². The molecule has 7 nitrogen and oxygen atoms in total. The van der Waals surface area contributed by atoms with Gasteiger partial charge in [-0.1, -0.05) is 28.9 Å². The van der Waals surface area contributed by atoms with E-state index >= 15 is 0 Å². The van der Waals surface area contributed by atoms with Gasteiger partial charge in [0, 0.05) is 31.4 Å². The van der Waals surface area contributed by atoms with Crippen molar-refractivity contribution in [3.05, 3.63) is 59.1 Å². The largest absolute Gasteiger partial charge is 0.383 e. The molecule has 29 heavy (non-hydrogen) atoms. The van der Waals surface area contributed by atoms with Crippen LogP contribution in [0.3, 0.4) is 0 Å². The number of hydrogen-bond donors (Lipinski definition) is 1. The number of nitrogens with one attached hydrogen (secondary N) is 1. The van der Waals surface area contributed by atoms with Gasteiger partial charge in [0.1, 0.15) is 5.82 Å². The van der Waals surface area contributed by atoms with Gasteiger partial charge in [-0.3, -0.25) is 4.90 Å². The maximum atomic E-state index is 6.00. The van der Waals surface area contributed by atoms with E-state index in [0.29, 0.717) is 24.9 Å². The van der Waals surface area contributed by atoms with E-state index in [1.165, 1.54) is 5.56 Å². The summed E-state index contributed by atoms with van der Waals surface area (Å²) >= 11 is 6.00. The third-order valence-corrected chi connectivity index (χ3v) is 5.29. The Balaban J connectivity index is 1.50. The fourth-order valence-corrected chi connectivity index (χ4v) is 3.72. The average molecular weight is 414 g/mol. The molecule has 152 valence electrons. The van der Waals surface area contributed by atoms with Gasteiger partial charge in [-0.15, -0.1) is 0 Å². The molecule has 1 aliphatic heterocycles. The fourth-order valence-electron chi connectivity index (χ4n) is 3.60. The molecule has 1 unspecified atom stereocenters. The summed E-state index contributed by atoms with van der Waals surface area (Å²) in [5.41, 5.74) is 2.04. The zero-order valence-electron chi connectivity index (χ0n) is 16.3. The zero-order chi connectivity index (χ0) is 20.1. The van der Waals surface area contributed by atoms with Gasteiger partial charge in [0.05, 0.1) is 18.2 Å². The van der Waals surface area contributed by atoms with Crippen LogP contribution >= 0.6 is 11.6 Å². The third kappa shape index (κ3) is 4.75. The lowest BCUT2D eigenvalue weighted by Gasteiger charge is -2.21. The van der Waals surface area contributed by atoms with Gasteiger partial charge in [-0.2, -0.15) is 4.98 Å². The van der Waals surface area contributed by atoms with Crippen molar-refractivity contribution in [1.82, 2.24) is 20.0 Å². The number of rotatable bonds is 8. The van der Waals surface area contributed by atoms with E-state index in [4.69, 9.17) is 25.8 Å². The Kier molecular flexibility index (Phi) is 6.39. The molecule has 1 aliphatic rings. The standard InChI is InChI=1S/C21H24ClN5O2/c1-28-13-11-24-19-17(4-2-10-23-19)20-25-21(29-26-20)18-5-3-12-27(18)14-15-6-8-16(22)9-7-15/h2,4,6-10,18H,3,5,11-14H2,1H3,(H,23,24). The number of methoxy groups -OCH3 is 1. The van der Waals surface area contributed by atoms with E-state index in [9.17, 15) is 0 Å². The molecular weight excluding hydrogens is 390 g/mol. The predicted octanol–water partition coefficient (Wildman–Crippen LogP) is 4.18. The second-order valence-electron chi connectivity index (χ2n) is 7.03. The summed E-state index contributed by atoms with van der Waals surface area (Å²) in [5.74, 6) is 1.92. The summed E-state index contributed by atoms with van der Waals surface area (Å²) in [6.45, 7) is 3.08. The second kappa shape index (κ2) is 9.35. The Morgan fingerprint density at radius 2 is 2.14 bits per heavy atom. The summed E-state index contributed by atoms with van der Waals surface area (Å²) in [6, 6.07) is 11.9. The molecule has 0 radical (unpaired) electrons. The molecule has 1 N–H and O–H groups in total. The molecule has 0 spiro atoms. The highest BCUT2D eigenvalue weighted by molar-refractivity contribution is 6.30. The Bertz CT molecular complexity index is 931. The fraction of sp³-hybridized carbons (Fsp3) is 0.381. The Morgan fingerprint density at radius 3 is 2.97 bits per heavy atom. The molecule has 2 aromatic heterocycles. The molecule has 1 saturated heterocycles. The molecular formula is C21H24ClN5O2. The van der Waals surface area contributed by atoms with E-state index in [0.717, 1.165) is 42.3 Å². The van der Waals surface area contributed by atoms with Crippen LogP contribution in [0.25, 0.3) is 11.4 Å². The van der Waals surface area contributed by atoms with Gasteiger partial charge in [-0.05, 0) is 49.2 Å². The van der Waals surface area contributed by atoms with Crippen molar-refractivity contribution in [1.29, 1.82) is 0 Å². The van der Waals surface area contributed by atoms with Crippen molar-refractivity contribution in [2.75, 3.05) is 32.1 Å². The van der Waals surface area contributed by atoms with Crippen LogP contribution in [-0.4, -0.2) is 46.8 Å². The van der Waals surface area contributed by atoms with Crippen molar-refractivity contribution in [3.63, 3.8) is 0 Å². The molecule has 3 heterocycles. The molecule has 1 aromatic carbocycles. The van der Waals surface area contributed by atoms with Crippen LogP contribution in [0.15, 0.2) is 47.1 Å². The number of aromatic nitrogens is 3. The second-order valence-corrected chi connectivity index (χ2v) is 7.47. The van der Waals surface area contributed by atoms with Crippen LogP contribution in [-0.2, 0) is 11.3 Å². The zero-order valence-corrected chi connectivity index (χ0v) is 17.1. The number of halogens is 1. The molecule has 1 atom stereocenters. The summed E-state index contributed by atoms with van der Waals surface area (Å²) in [7, 11) is 1.67. The first-order valence-electron chi connectivity index (χ1n) is 9.75. The van der Waals surface area contributed by atoms with Crippen LogP contribution in [0.2, 0.25) is 5.02 Å². The Labute approximate surface area is 175 Å². The highest BCUT2D eigenvalue weighted by Crippen LogP contribution is 2.34. The monoisotopic (exact) mass is 413 g/mol. The van der Waals surface area contributed by atoms with Crippen molar-refractivity contribution < 1.29 is 9.26 Å². The van der Waals surface area contributed by atoms with Gasteiger partial charge in [0.2, 0.25) is 11.7 Å². The molecule has 8 heteroatoms. The van der Waals surface area contributed by atoms with Gasteiger partial charge < -0.3 is 14.6 Å². The predicted molar refractivity (Wildman–Crippen MR) is 112 cm³/mol. The molecule has 4 rings (SSSR count). The first-order chi connectivity index (χ1) is 14.2. The summed E-state index contributed by atoms with van der Waals surface area (Å²) in [6.07, 6.45) is 3.85. The van der Waals surface area contributed by atoms with Gasteiger partial charge in [0.15, 0.2) is 0 Å². The number of anilines is 1. The minimum Gasteiger partial charge on any atom is -0.383 e. The van der Waals surface area contributed by atoms with Crippen LogP contribution in [0.1, 0.15) is 30.3 Å². The number of likely N-dealkylation sites (tertiary alicyclic amines) is 1. The van der Waals surface area contributed by atoms with E-state index in [2.05, 4.69) is 32.5 Å². The van der Waals surface area contributed by atoms with Gasteiger partial charge >= 0.3 is 0 Å². The lowest BCUT2D eigenvalue weighted by atomic mass is 10.2. The molecule has 0 saturated carbocycles. The summed E-state index contributed by atoms with van der Waals surface area (Å²) in [5, 5.41) is 8.24. The topological polar surface area (TPSA) is 76.3 Å². The van der Waals surface area contributed by atoms with Crippen LogP contribution in [0.4, 0.5) is 5.82 Å². The highest BCUT2D eigenvalue weighted by atomic mass is 35.5. The molecule has 0 amide bonds. The van der Waals surface area contributed by atoms with Gasteiger partial charge in [0.25, 0.3) is 0 Å². The minimum atomic E-state index is 0.119. The lowest BCUT2D eigenvalue weighted by Crippen LogP contribution is -2.23. The Morgan fingerprint density at radius 1 is 1.28 bits per heavy atom. The molecule has 3 aromatic rings. The smallest absolute Gasteiger partial charge is 0.244 e. The van der Waals surface area contributed by atoms with E-state index in [-0.39, 0.29) is 6.04 Å². The summed E-state index contributed by atoms with van der Waals surface area (Å²) < 4.78 is 10.8. The third-order valence-electron chi connectivity index (χ3n) is 5.04. The van der Waals surface area contributed by atoms with Crippen LogP contribution in [0, 0.1) is 0 Å². The Hall–Kier alpha value is -2.48. The number of hydrogen-bond acceptors (Lipinski definition) is 7. The maximum Gasteiger partial charge on any atom is 0.244 e. The summed E-state index contributed by atoms with van der Waals surface area (Å²) in [4.78, 5) is 11.5. The van der Waals surface area contributed by atoms with E-state index < -0.39 is 0 Å². The molecule has 0 aliphatic carbocycles. The first kappa shape index (κ1) is 19.8. The molecule has 1 fully saturated rings. The number of benzene rings is 1. The first-order valence-corrected chi connectivity index (χ1v) is 10.1. The quantitative estimate of drug-likeness (QED) is 0.555. The average Bonchev–Trinajstić information content (AvgIpc) is 3.40. The van der Waals surface area contributed by atoms with Crippen LogP contribution < -0.4 is 5.32 Å². The van der Waals surface area contributed by atoms with Crippen molar-refractivity contribution in [2.45, 2.75) is 25.4 Å². The van der Waals surface area contributed by atoms with Crippen molar-refractivity contribution >= 4 is 17.4 Å². The number of nitrogens with zero attached hydrogens (tertiary/aromatic N) is 4. The van der Waals surface area contributed by atoms with Crippen molar-refractivity contribution in [3.8, 4) is 11.4 Å². The van der Waals surface area contributed by atoms with Gasteiger partial charge in [-0.25, -0.2) is 4.98 Å². The maximum absolute atomic E-state index is 6.00. The minimum absolute atomic E-state index is 0.119. The SMILES string of the molecule is COCCNc1ncccc1-c1noc(C2CCCN2Cc2ccc(Cl)cc2)n1. The molecule has 0 bridgehead atoms. The number of ether oxygens (including phenoxy) is 1. The van der Waals surface area contributed by atoms with E-state index in [1.807, 2.05) is 24.3 Å².